The molecule has 1 N–H and O–H groups in total. The molecule has 0 atom stereocenters. The smallest absolute Gasteiger partial charge is 0.322 e. The highest BCUT2D eigenvalue weighted by atomic mass is 32.2. The van der Waals surface area contributed by atoms with Crippen molar-refractivity contribution in [3.05, 3.63) is 29.8 Å². The van der Waals surface area contributed by atoms with Gasteiger partial charge in [-0.1, -0.05) is 0 Å². The van der Waals surface area contributed by atoms with Crippen LogP contribution in [0.25, 0.3) is 0 Å². The van der Waals surface area contributed by atoms with Gasteiger partial charge < -0.3 is 14.2 Å². The van der Waals surface area contributed by atoms with Gasteiger partial charge >= 0.3 is 12.0 Å². The lowest BCUT2D eigenvalue weighted by Crippen LogP contribution is -2.24. The van der Waals surface area contributed by atoms with Crippen LogP contribution in [-0.4, -0.2) is 44.2 Å². The molecule has 1 heterocycles. The minimum absolute atomic E-state index is 0.0200. The van der Waals surface area contributed by atoms with Crippen LogP contribution in [-0.2, 0) is 16.6 Å². The lowest BCUT2D eigenvalue weighted by Gasteiger charge is -2.09. The van der Waals surface area contributed by atoms with Gasteiger partial charge in [-0.2, -0.15) is 9.97 Å². The molecule has 11 heteroatoms. The zero-order valence-electron chi connectivity index (χ0n) is 13.8. The number of rotatable bonds is 8. The largest absolute Gasteiger partial charge is 0.491 e. The molecule has 0 saturated carbocycles. The molecule has 0 spiro atoms. The molecule has 0 aliphatic carbocycles. The van der Waals surface area contributed by atoms with Crippen LogP contribution in [0.4, 0.5) is 4.39 Å². The first-order valence-electron chi connectivity index (χ1n) is 7.14. The second kappa shape index (κ2) is 8.03. The average molecular weight is 372 g/mol. The maximum Gasteiger partial charge on any atom is 0.322 e. The number of methoxy groups -OCH3 is 2. The van der Waals surface area contributed by atoms with Crippen LogP contribution < -0.4 is 18.9 Å². The molecule has 0 bridgehead atoms. The summed E-state index contributed by atoms with van der Waals surface area (Å²) in [5, 5.41) is 0. The van der Waals surface area contributed by atoms with Gasteiger partial charge in [0, 0.05) is 0 Å². The molecule has 0 saturated heterocycles. The van der Waals surface area contributed by atoms with Gasteiger partial charge in [-0.05, 0) is 25.1 Å². The number of nitrogens with zero attached hydrogens (tertiary/aromatic N) is 3. The Labute approximate surface area is 144 Å². The van der Waals surface area contributed by atoms with Gasteiger partial charge in [0.2, 0.25) is 10.0 Å². The molecule has 0 aliphatic heterocycles. The summed E-state index contributed by atoms with van der Waals surface area (Å²) >= 11 is 0. The quantitative estimate of drug-likeness (QED) is 0.727. The first-order chi connectivity index (χ1) is 11.9. The molecule has 1 aromatic carbocycles. The second-order valence-corrected chi connectivity index (χ2v) is 6.34. The maximum absolute atomic E-state index is 13.8. The molecule has 1 aromatic heterocycles. The van der Waals surface area contributed by atoms with Crippen molar-refractivity contribution >= 4 is 10.0 Å². The van der Waals surface area contributed by atoms with E-state index in [2.05, 4.69) is 19.7 Å². The predicted molar refractivity (Wildman–Crippen MR) is 84.5 cm³/mol. The minimum atomic E-state index is -3.98. The molecule has 0 radical (unpaired) electrons. The Hall–Kier alpha value is -2.53. The van der Waals surface area contributed by atoms with E-state index in [1.807, 2.05) is 0 Å². The van der Waals surface area contributed by atoms with E-state index in [4.69, 9.17) is 14.2 Å². The van der Waals surface area contributed by atoms with Crippen LogP contribution in [0, 0.1) is 5.82 Å². The Morgan fingerprint density at radius 3 is 2.28 bits per heavy atom. The number of halogens is 1. The van der Waals surface area contributed by atoms with Crippen LogP contribution in [0.5, 0.6) is 17.8 Å². The highest BCUT2D eigenvalue weighted by Crippen LogP contribution is 2.21. The summed E-state index contributed by atoms with van der Waals surface area (Å²) in [4.78, 5) is 11.4. The number of aromatic nitrogens is 3. The van der Waals surface area contributed by atoms with E-state index in [0.717, 1.165) is 6.07 Å². The predicted octanol–water partition coefficient (Wildman–Crippen LogP) is 0.905. The lowest BCUT2D eigenvalue weighted by molar-refractivity contribution is 0.321. The first kappa shape index (κ1) is 18.8. The van der Waals surface area contributed by atoms with Crippen molar-refractivity contribution in [3.8, 4) is 17.8 Å². The third kappa shape index (κ3) is 4.73. The zero-order chi connectivity index (χ0) is 18.4. The number of nitrogens with one attached hydrogen (secondary N) is 1. The average Bonchev–Trinajstić information content (AvgIpc) is 2.61. The van der Waals surface area contributed by atoms with Gasteiger partial charge in [0.1, 0.15) is 0 Å². The molecule has 0 fully saturated rings. The number of hydrogen-bond donors (Lipinski definition) is 1. The molecule has 9 nitrogen and oxygen atoms in total. The summed E-state index contributed by atoms with van der Waals surface area (Å²) in [6.45, 7) is 1.71. The molecular formula is C14H17FN4O5S. The Bertz CT molecular complexity index is 825. The van der Waals surface area contributed by atoms with Crippen molar-refractivity contribution in [2.45, 2.75) is 18.4 Å². The first-order valence-corrected chi connectivity index (χ1v) is 8.63. The summed E-state index contributed by atoms with van der Waals surface area (Å²) in [5.41, 5.74) is 0. The highest BCUT2D eigenvalue weighted by molar-refractivity contribution is 7.89. The summed E-state index contributed by atoms with van der Waals surface area (Å²) < 4.78 is 55.5. The van der Waals surface area contributed by atoms with E-state index >= 15 is 0 Å². The molecule has 2 rings (SSSR count). The van der Waals surface area contributed by atoms with Crippen LogP contribution in [0.15, 0.2) is 23.1 Å². The maximum atomic E-state index is 13.8. The third-order valence-corrected chi connectivity index (χ3v) is 4.34. The normalized spacial score (nSPS) is 11.2. The molecular weight excluding hydrogens is 355 g/mol. The Balaban J connectivity index is 2.18. The van der Waals surface area contributed by atoms with Gasteiger partial charge in [0.15, 0.2) is 17.4 Å². The fraction of sp³-hybridized carbons (Fsp3) is 0.357. The fourth-order valence-corrected chi connectivity index (χ4v) is 2.80. The zero-order valence-corrected chi connectivity index (χ0v) is 14.6. The summed E-state index contributed by atoms with van der Waals surface area (Å²) in [5.74, 6) is -0.708. The molecule has 0 amide bonds. The van der Waals surface area contributed by atoms with Crippen molar-refractivity contribution in [1.82, 2.24) is 19.7 Å². The van der Waals surface area contributed by atoms with E-state index in [9.17, 15) is 12.8 Å². The lowest BCUT2D eigenvalue weighted by atomic mass is 10.3. The van der Waals surface area contributed by atoms with Gasteiger partial charge in [0.05, 0.1) is 32.3 Å². The summed E-state index contributed by atoms with van der Waals surface area (Å²) in [7, 11) is -1.27. The van der Waals surface area contributed by atoms with Gasteiger partial charge in [-0.15, -0.1) is 4.98 Å². The van der Waals surface area contributed by atoms with Crippen molar-refractivity contribution in [1.29, 1.82) is 0 Å². The number of ether oxygens (including phenoxy) is 3. The fourth-order valence-electron chi connectivity index (χ4n) is 1.80. The number of sulfonamides is 1. The van der Waals surface area contributed by atoms with Crippen LogP contribution in [0.1, 0.15) is 12.7 Å². The summed E-state index contributed by atoms with van der Waals surface area (Å²) in [6, 6.07) is 3.33. The monoisotopic (exact) mass is 372 g/mol. The number of hydrogen-bond acceptors (Lipinski definition) is 8. The van der Waals surface area contributed by atoms with Crippen molar-refractivity contribution < 1.29 is 27.0 Å². The molecule has 0 unspecified atom stereocenters. The van der Waals surface area contributed by atoms with E-state index in [0.29, 0.717) is 0 Å². The van der Waals surface area contributed by atoms with Crippen LogP contribution >= 0.6 is 0 Å². The van der Waals surface area contributed by atoms with Crippen molar-refractivity contribution in [3.63, 3.8) is 0 Å². The number of benzene rings is 1. The molecule has 25 heavy (non-hydrogen) atoms. The van der Waals surface area contributed by atoms with Gasteiger partial charge in [-0.3, -0.25) is 0 Å². The van der Waals surface area contributed by atoms with Gasteiger partial charge in [-0.25, -0.2) is 17.5 Å². The summed E-state index contributed by atoms with van der Waals surface area (Å²) in [6.07, 6.45) is 0. The Kier molecular flexibility index (Phi) is 6.04. The van der Waals surface area contributed by atoms with E-state index in [1.54, 1.807) is 6.92 Å². The van der Waals surface area contributed by atoms with Crippen molar-refractivity contribution in [2.24, 2.45) is 0 Å². The Morgan fingerprint density at radius 2 is 1.76 bits per heavy atom. The molecule has 0 aliphatic rings. The Morgan fingerprint density at radius 1 is 1.12 bits per heavy atom. The molecule has 2 aromatic rings. The standard InChI is InChI=1S/C14H17FN4O5S/c1-4-24-11-6-5-9(7-10(11)15)25(20,21)16-8-12-17-13(22-2)19-14(18-12)23-3/h5-7,16H,4,8H2,1-3H3. The van der Waals surface area contributed by atoms with Crippen LogP contribution in [0.2, 0.25) is 0 Å². The highest BCUT2D eigenvalue weighted by Gasteiger charge is 2.18. The van der Waals surface area contributed by atoms with Crippen molar-refractivity contribution in [2.75, 3.05) is 20.8 Å². The van der Waals surface area contributed by atoms with E-state index in [-0.39, 0.29) is 41.6 Å². The third-order valence-electron chi connectivity index (χ3n) is 2.94. The van der Waals surface area contributed by atoms with Gasteiger partial charge in [0.25, 0.3) is 0 Å². The van der Waals surface area contributed by atoms with E-state index in [1.165, 1.54) is 26.4 Å². The molecule has 136 valence electrons. The second-order valence-electron chi connectivity index (χ2n) is 4.57. The topological polar surface area (TPSA) is 113 Å². The SMILES string of the molecule is CCOc1ccc(S(=O)(=O)NCc2nc(OC)nc(OC)n2)cc1F. The minimum Gasteiger partial charge on any atom is -0.491 e. The van der Waals surface area contributed by atoms with E-state index < -0.39 is 15.8 Å². The van der Waals surface area contributed by atoms with Crippen LogP contribution in [0.3, 0.4) is 0 Å².